The molecular weight excluding hydrogens is 572 g/mol. The van der Waals surface area contributed by atoms with Gasteiger partial charge in [-0.3, -0.25) is 15.3 Å². The van der Waals surface area contributed by atoms with Gasteiger partial charge in [-0.25, -0.2) is 18.7 Å². The zero-order valence-corrected chi connectivity index (χ0v) is 24.9. The molecule has 8 nitrogen and oxygen atoms in total. The fraction of sp³-hybridized carbons (Fsp3) is 0.200. The molecular formula is C35H33F2N7O. The molecule has 0 radical (unpaired) electrons. The van der Waals surface area contributed by atoms with Gasteiger partial charge in [0.25, 0.3) is 0 Å². The largest absolute Gasteiger partial charge is 0.494 e. The molecule has 0 aliphatic carbocycles. The lowest BCUT2D eigenvalue weighted by Gasteiger charge is -2.29. The first-order chi connectivity index (χ1) is 22.0. The minimum Gasteiger partial charge on any atom is -0.494 e. The highest BCUT2D eigenvalue weighted by Gasteiger charge is 2.25. The molecule has 10 heteroatoms. The molecule has 1 aliphatic rings. The summed E-state index contributed by atoms with van der Waals surface area (Å²) in [7, 11) is 0. The number of pyridine rings is 1. The Bertz CT molecular complexity index is 1780. The summed E-state index contributed by atoms with van der Waals surface area (Å²) in [5.74, 6) is -0.373. The van der Waals surface area contributed by atoms with Crippen LogP contribution in [0.5, 0.6) is 5.75 Å². The van der Waals surface area contributed by atoms with Crippen molar-refractivity contribution in [3.63, 3.8) is 0 Å². The van der Waals surface area contributed by atoms with Gasteiger partial charge in [0.15, 0.2) is 5.82 Å². The number of nitrogens with one attached hydrogen (secondary N) is 3. The Labute approximate surface area is 260 Å². The van der Waals surface area contributed by atoms with Gasteiger partial charge in [0.05, 0.1) is 12.3 Å². The van der Waals surface area contributed by atoms with E-state index in [1.807, 2.05) is 36.4 Å². The topological polar surface area (TPSA) is 99.0 Å². The molecule has 0 amide bonds. The van der Waals surface area contributed by atoms with E-state index in [2.05, 4.69) is 32.7 Å². The van der Waals surface area contributed by atoms with Crippen molar-refractivity contribution in [2.75, 3.05) is 23.8 Å². The van der Waals surface area contributed by atoms with E-state index in [4.69, 9.17) is 14.7 Å². The van der Waals surface area contributed by atoms with Crippen LogP contribution in [0.3, 0.4) is 0 Å². The predicted octanol–water partition coefficient (Wildman–Crippen LogP) is 6.88. The molecule has 3 aromatic carbocycles. The van der Waals surface area contributed by atoms with Gasteiger partial charge in [-0.05, 0) is 37.1 Å². The number of nitrogens with zero attached hydrogens (tertiary/aromatic N) is 4. The molecule has 0 bridgehead atoms. The first-order valence-corrected chi connectivity index (χ1v) is 14.8. The van der Waals surface area contributed by atoms with Gasteiger partial charge in [0, 0.05) is 78.8 Å². The van der Waals surface area contributed by atoms with Gasteiger partial charge in [0.1, 0.15) is 28.9 Å². The smallest absolute Gasteiger partial charge is 0.180 e. The Kier molecular flexibility index (Phi) is 9.02. The number of rotatable bonds is 11. The van der Waals surface area contributed by atoms with Gasteiger partial charge in [-0.2, -0.15) is 0 Å². The number of aromatic nitrogens is 3. The van der Waals surface area contributed by atoms with E-state index < -0.39 is 11.6 Å². The van der Waals surface area contributed by atoms with E-state index in [-0.39, 0.29) is 29.4 Å². The highest BCUT2D eigenvalue weighted by molar-refractivity contribution is 6.12. The minimum absolute atomic E-state index is 0.0894. The lowest BCUT2D eigenvalue weighted by molar-refractivity contribution is 0.241. The highest BCUT2D eigenvalue weighted by Crippen LogP contribution is 2.29. The number of hydrogen-bond acceptors (Lipinski definition) is 8. The van der Waals surface area contributed by atoms with Crippen molar-refractivity contribution in [1.29, 1.82) is 5.41 Å². The quantitative estimate of drug-likeness (QED) is 0.141. The van der Waals surface area contributed by atoms with E-state index in [1.165, 1.54) is 17.7 Å². The van der Waals surface area contributed by atoms with Crippen LogP contribution in [0.4, 0.5) is 26.0 Å². The Morgan fingerprint density at radius 3 is 2.44 bits per heavy atom. The molecule has 3 N–H and O–H groups in total. The predicted molar refractivity (Wildman–Crippen MR) is 171 cm³/mol. The zero-order chi connectivity index (χ0) is 31.2. The molecule has 0 fully saturated rings. The summed E-state index contributed by atoms with van der Waals surface area (Å²) in [6.07, 6.45) is 4.16. The number of halogens is 2. The number of para-hydroxylation sites is 1. The van der Waals surface area contributed by atoms with Crippen LogP contribution in [0.15, 0.2) is 91.3 Å². The monoisotopic (exact) mass is 605 g/mol. The Hall–Kier alpha value is -5.22. The number of benzene rings is 3. The second-order valence-electron chi connectivity index (χ2n) is 10.7. The molecule has 0 spiro atoms. The van der Waals surface area contributed by atoms with Gasteiger partial charge < -0.3 is 15.4 Å². The zero-order valence-electron chi connectivity index (χ0n) is 24.9. The molecule has 0 saturated heterocycles. The van der Waals surface area contributed by atoms with E-state index in [9.17, 15) is 14.2 Å². The lowest BCUT2D eigenvalue weighted by atomic mass is 10.0. The second kappa shape index (κ2) is 13.6. The third-order valence-corrected chi connectivity index (χ3v) is 7.64. The molecule has 0 unspecified atom stereocenters. The van der Waals surface area contributed by atoms with Gasteiger partial charge >= 0.3 is 0 Å². The number of anilines is 3. The molecule has 45 heavy (non-hydrogen) atoms. The standard InChI is InChI=1S/C35H33F2N7O/c1-2-45-25-18-29(36)28(30(37)19-25)20-40-31-11-7-6-10-26(31)33(38)35-42-32-22-44(21-23-8-4-3-5-9-23)17-14-27(32)34(43-35)41-24-12-15-39-16-13-24/h3-13,15-16,18-19,38,40H,2,14,17,20-22H2,1H3,(H,39,41,42,43). The van der Waals surface area contributed by atoms with Crippen LogP contribution >= 0.6 is 0 Å². The first-order valence-electron chi connectivity index (χ1n) is 14.8. The van der Waals surface area contributed by atoms with Gasteiger partial charge in [0.2, 0.25) is 0 Å². The van der Waals surface area contributed by atoms with Crippen LogP contribution in [-0.2, 0) is 26.1 Å². The Balaban J connectivity index is 1.30. The average molecular weight is 606 g/mol. The van der Waals surface area contributed by atoms with Crippen LogP contribution < -0.4 is 15.4 Å². The summed E-state index contributed by atoms with van der Waals surface area (Å²) in [6.45, 7) is 4.18. The van der Waals surface area contributed by atoms with E-state index in [1.54, 1.807) is 37.5 Å². The van der Waals surface area contributed by atoms with Gasteiger partial charge in [-0.15, -0.1) is 0 Å². The summed E-state index contributed by atoms with van der Waals surface area (Å²) in [5.41, 5.74) is 4.93. The Morgan fingerprint density at radius 1 is 0.956 bits per heavy atom. The minimum atomic E-state index is -0.705. The van der Waals surface area contributed by atoms with Crippen LogP contribution in [0.25, 0.3) is 0 Å². The molecule has 2 aromatic heterocycles. The van der Waals surface area contributed by atoms with Crippen LogP contribution in [0, 0.1) is 17.0 Å². The number of fused-ring (bicyclic) bond motifs is 1. The fourth-order valence-electron chi connectivity index (χ4n) is 5.41. The summed E-state index contributed by atoms with van der Waals surface area (Å²) >= 11 is 0. The maximum Gasteiger partial charge on any atom is 0.180 e. The third-order valence-electron chi connectivity index (χ3n) is 7.64. The van der Waals surface area contributed by atoms with Crippen molar-refractivity contribution in [2.45, 2.75) is 33.0 Å². The van der Waals surface area contributed by atoms with Crippen molar-refractivity contribution in [3.05, 3.63) is 137 Å². The first kappa shape index (κ1) is 29.8. The Morgan fingerprint density at radius 2 is 1.69 bits per heavy atom. The fourth-order valence-corrected chi connectivity index (χ4v) is 5.41. The average Bonchev–Trinajstić information content (AvgIpc) is 3.05. The van der Waals surface area contributed by atoms with E-state index in [0.717, 1.165) is 36.5 Å². The molecule has 6 rings (SSSR count). The van der Waals surface area contributed by atoms with Crippen molar-refractivity contribution in [1.82, 2.24) is 19.9 Å². The summed E-state index contributed by atoms with van der Waals surface area (Å²) in [6, 6.07) is 23.5. The molecule has 228 valence electrons. The summed E-state index contributed by atoms with van der Waals surface area (Å²) in [4.78, 5) is 16.2. The number of ether oxygens (including phenoxy) is 1. The van der Waals surface area contributed by atoms with E-state index >= 15 is 0 Å². The van der Waals surface area contributed by atoms with Crippen molar-refractivity contribution in [2.24, 2.45) is 0 Å². The van der Waals surface area contributed by atoms with Crippen molar-refractivity contribution >= 4 is 22.9 Å². The summed E-state index contributed by atoms with van der Waals surface area (Å²) in [5, 5.41) is 15.7. The van der Waals surface area contributed by atoms with Crippen molar-refractivity contribution < 1.29 is 13.5 Å². The van der Waals surface area contributed by atoms with Crippen molar-refractivity contribution in [3.8, 4) is 5.75 Å². The summed E-state index contributed by atoms with van der Waals surface area (Å²) < 4.78 is 34.8. The van der Waals surface area contributed by atoms with E-state index in [0.29, 0.717) is 30.2 Å². The molecule has 1 aliphatic heterocycles. The van der Waals surface area contributed by atoms with Crippen LogP contribution in [0.1, 0.15) is 40.7 Å². The number of hydrogen-bond donors (Lipinski definition) is 3. The maximum absolute atomic E-state index is 14.8. The van der Waals surface area contributed by atoms with Crippen LogP contribution in [0.2, 0.25) is 0 Å². The molecule has 5 aromatic rings. The van der Waals surface area contributed by atoms with Crippen LogP contribution in [-0.4, -0.2) is 38.7 Å². The molecule has 0 atom stereocenters. The third kappa shape index (κ3) is 6.97. The normalized spacial score (nSPS) is 12.8. The maximum atomic E-state index is 14.8. The molecule has 0 saturated carbocycles. The SMILES string of the molecule is CCOc1cc(F)c(CNc2ccccc2C(=N)c2nc3c(c(Nc4ccncc4)n2)CCN(Cc2ccccc2)C3)c(F)c1. The molecule has 3 heterocycles. The highest BCUT2D eigenvalue weighted by atomic mass is 19.1. The second-order valence-corrected chi connectivity index (χ2v) is 10.7. The van der Waals surface area contributed by atoms with Gasteiger partial charge in [-0.1, -0.05) is 48.5 Å². The lowest BCUT2D eigenvalue weighted by Crippen LogP contribution is -2.32.